The van der Waals surface area contributed by atoms with Crippen molar-refractivity contribution in [2.75, 3.05) is 23.4 Å². The van der Waals surface area contributed by atoms with E-state index in [-0.39, 0.29) is 23.6 Å². The molecule has 2 heterocycles. The molecule has 1 atom stereocenters. The number of anilines is 1. The zero-order chi connectivity index (χ0) is 17.6. The second-order valence-electron chi connectivity index (χ2n) is 6.17. The summed E-state index contributed by atoms with van der Waals surface area (Å²) in [5, 5.41) is 4.93. The maximum Gasteiger partial charge on any atom is 0.234 e. The molecule has 1 saturated heterocycles. The molecule has 2 aromatic rings. The first kappa shape index (κ1) is 18.0. The van der Waals surface area contributed by atoms with Crippen molar-refractivity contribution in [2.45, 2.75) is 25.8 Å². The van der Waals surface area contributed by atoms with Crippen molar-refractivity contribution in [1.29, 1.82) is 0 Å². The van der Waals surface area contributed by atoms with Crippen LogP contribution in [0, 0.1) is 6.92 Å². The summed E-state index contributed by atoms with van der Waals surface area (Å²) < 4.78 is 0. The van der Waals surface area contributed by atoms with E-state index >= 15 is 0 Å². The van der Waals surface area contributed by atoms with Crippen LogP contribution in [0.2, 0.25) is 0 Å². The quantitative estimate of drug-likeness (QED) is 0.828. The van der Waals surface area contributed by atoms with Gasteiger partial charge in [0.05, 0.1) is 17.5 Å². The van der Waals surface area contributed by atoms with Crippen LogP contribution >= 0.6 is 23.1 Å². The molecule has 1 N–H and O–H groups in total. The molecule has 4 nitrogen and oxygen atoms in total. The first-order valence-corrected chi connectivity index (χ1v) is 10.4. The summed E-state index contributed by atoms with van der Waals surface area (Å²) in [5.74, 6) is 0.698. The number of nitrogens with zero attached hydrogens (tertiary/aromatic N) is 1. The number of thiophene rings is 1. The molecule has 1 aromatic carbocycles. The van der Waals surface area contributed by atoms with Gasteiger partial charge in [-0.25, -0.2) is 0 Å². The molecule has 1 unspecified atom stereocenters. The molecule has 2 amide bonds. The Morgan fingerprint density at radius 1 is 1.28 bits per heavy atom. The Kier molecular flexibility index (Phi) is 6.15. The zero-order valence-corrected chi connectivity index (χ0v) is 15.9. The van der Waals surface area contributed by atoms with Crippen molar-refractivity contribution < 1.29 is 9.59 Å². The van der Waals surface area contributed by atoms with Crippen LogP contribution in [-0.4, -0.2) is 34.8 Å². The van der Waals surface area contributed by atoms with Gasteiger partial charge in [-0.15, -0.1) is 23.1 Å². The van der Waals surface area contributed by atoms with Crippen molar-refractivity contribution in [3.63, 3.8) is 0 Å². The first-order valence-electron chi connectivity index (χ1n) is 8.40. The Bertz CT molecular complexity index is 731. The Labute approximate surface area is 156 Å². The number of rotatable bonds is 6. The molecule has 1 aliphatic heterocycles. The summed E-state index contributed by atoms with van der Waals surface area (Å²) in [6, 6.07) is 12.1. The zero-order valence-electron chi connectivity index (χ0n) is 14.2. The van der Waals surface area contributed by atoms with E-state index in [9.17, 15) is 9.59 Å². The van der Waals surface area contributed by atoms with E-state index in [2.05, 4.69) is 16.8 Å². The van der Waals surface area contributed by atoms with Crippen LogP contribution in [0.15, 0.2) is 41.8 Å². The summed E-state index contributed by atoms with van der Waals surface area (Å²) in [6.07, 6.45) is 2.08. The third-order valence-corrected chi connectivity index (χ3v) is 6.10. The number of carbonyl (C=O) groups excluding carboxylic acids is 2. The lowest BCUT2D eigenvalue weighted by Crippen LogP contribution is -2.32. The van der Waals surface area contributed by atoms with Gasteiger partial charge < -0.3 is 10.2 Å². The predicted octanol–water partition coefficient (Wildman–Crippen LogP) is 4.09. The molecule has 0 bridgehead atoms. The van der Waals surface area contributed by atoms with E-state index < -0.39 is 0 Å². The molecule has 6 heteroatoms. The molecule has 0 aliphatic carbocycles. The number of benzene rings is 1. The minimum atomic E-state index is -0.0698. The number of hydrogen-bond donors (Lipinski definition) is 1. The standard InChI is InChI=1S/C19H22N2O2S2/c1-14-5-2-6-15(11-14)20-18(22)12-24-13-19(23)21-9-3-7-16(21)17-8-4-10-25-17/h2,4-6,8,10-11,16H,3,7,9,12-13H2,1H3,(H,20,22). The topological polar surface area (TPSA) is 49.4 Å². The van der Waals surface area contributed by atoms with Crippen molar-refractivity contribution >= 4 is 40.6 Å². The van der Waals surface area contributed by atoms with Crippen molar-refractivity contribution in [2.24, 2.45) is 0 Å². The molecule has 25 heavy (non-hydrogen) atoms. The van der Waals surface area contributed by atoms with Gasteiger partial charge in [0.25, 0.3) is 0 Å². The number of nitrogens with one attached hydrogen (secondary N) is 1. The molecule has 0 spiro atoms. The molecule has 3 rings (SSSR count). The Morgan fingerprint density at radius 3 is 2.92 bits per heavy atom. The van der Waals surface area contributed by atoms with Gasteiger partial charge in [-0.05, 0) is 48.9 Å². The normalized spacial score (nSPS) is 16.8. The lowest BCUT2D eigenvalue weighted by Gasteiger charge is -2.23. The van der Waals surface area contributed by atoms with Crippen LogP contribution in [-0.2, 0) is 9.59 Å². The first-order chi connectivity index (χ1) is 12.1. The Balaban J connectivity index is 1.45. The van der Waals surface area contributed by atoms with Gasteiger partial charge in [-0.1, -0.05) is 18.2 Å². The van der Waals surface area contributed by atoms with E-state index in [1.807, 2.05) is 42.2 Å². The number of aryl methyl sites for hydroxylation is 1. The fourth-order valence-corrected chi connectivity index (χ4v) is 4.65. The average Bonchev–Trinajstić information content (AvgIpc) is 3.26. The maximum absolute atomic E-state index is 12.5. The van der Waals surface area contributed by atoms with Gasteiger partial charge in [-0.2, -0.15) is 0 Å². The Morgan fingerprint density at radius 2 is 2.16 bits per heavy atom. The molecule has 132 valence electrons. The monoisotopic (exact) mass is 374 g/mol. The molecule has 1 aliphatic rings. The lowest BCUT2D eigenvalue weighted by atomic mass is 10.2. The van der Waals surface area contributed by atoms with E-state index in [1.165, 1.54) is 16.6 Å². The average molecular weight is 375 g/mol. The molecule has 0 saturated carbocycles. The van der Waals surface area contributed by atoms with E-state index in [0.29, 0.717) is 5.75 Å². The lowest BCUT2D eigenvalue weighted by molar-refractivity contribution is -0.129. The molecule has 1 aromatic heterocycles. The highest BCUT2D eigenvalue weighted by molar-refractivity contribution is 8.00. The van der Waals surface area contributed by atoms with Crippen molar-refractivity contribution in [3.05, 3.63) is 52.2 Å². The maximum atomic E-state index is 12.5. The van der Waals surface area contributed by atoms with Crippen LogP contribution < -0.4 is 5.32 Å². The largest absolute Gasteiger partial charge is 0.334 e. The van der Waals surface area contributed by atoms with Crippen LogP contribution in [0.4, 0.5) is 5.69 Å². The van der Waals surface area contributed by atoms with E-state index in [1.54, 1.807) is 11.3 Å². The highest BCUT2D eigenvalue weighted by atomic mass is 32.2. The number of likely N-dealkylation sites (tertiary alicyclic amines) is 1. The van der Waals surface area contributed by atoms with E-state index in [4.69, 9.17) is 0 Å². The summed E-state index contributed by atoms with van der Waals surface area (Å²) >= 11 is 3.09. The predicted molar refractivity (Wildman–Crippen MR) is 105 cm³/mol. The summed E-state index contributed by atoms with van der Waals surface area (Å²) in [7, 11) is 0. The fourth-order valence-electron chi connectivity index (χ4n) is 3.08. The number of amides is 2. The molecular weight excluding hydrogens is 352 g/mol. The summed E-state index contributed by atoms with van der Waals surface area (Å²) in [5.41, 5.74) is 1.91. The van der Waals surface area contributed by atoms with Gasteiger partial charge in [0.1, 0.15) is 0 Å². The SMILES string of the molecule is Cc1cccc(NC(=O)CSCC(=O)N2CCCC2c2cccs2)c1. The number of thioether (sulfide) groups is 1. The second kappa shape index (κ2) is 8.54. The number of hydrogen-bond acceptors (Lipinski definition) is 4. The third-order valence-electron chi connectivity index (χ3n) is 4.21. The van der Waals surface area contributed by atoms with Crippen molar-refractivity contribution in [1.82, 2.24) is 4.90 Å². The van der Waals surface area contributed by atoms with Crippen LogP contribution in [0.3, 0.4) is 0 Å². The van der Waals surface area contributed by atoms with Gasteiger partial charge >= 0.3 is 0 Å². The highest BCUT2D eigenvalue weighted by Gasteiger charge is 2.30. The molecule has 1 fully saturated rings. The third kappa shape index (κ3) is 4.86. The highest BCUT2D eigenvalue weighted by Crippen LogP contribution is 2.34. The second-order valence-corrected chi connectivity index (χ2v) is 8.14. The Hall–Kier alpha value is -1.79. The van der Waals surface area contributed by atoms with Crippen molar-refractivity contribution in [3.8, 4) is 0 Å². The van der Waals surface area contributed by atoms with E-state index in [0.717, 1.165) is 30.6 Å². The van der Waals surface area contributed by atoms with Crippen LogP contribution in [0.5, 0.6) is 0 Å². The van der Waals surface area contributed by atoms with Gasteiger partial charge in [0.15, 0.2) is 0 Å². The fraction of sp³-hybridized carbons (Fsp3) is 0.368. The minimum Gasteiger partial charge on any atom is -0.334 e. The van der Waals surface area contributed by atoms with Crippen LogP contribution in [0.1, 0.15) is 29.3 Å². The number of carbonyl (C=O) groups is 2. The molecular formula is C19H22N2O2S2. The van der Waals surface area contributed by atoms with Crippen LogP contribution in [0.25, 0.3) is 0 Å². The van der Waals surface area contributed by atoms with Gasteiger partial charge in [-0.3, -0.25) is 9.59 Å². The smallest absolute Gasteiger partial charge is 0.234 e. The molecule has 0 radical (unpaired) electrons. The minimum absolute atomic E-state index is 0.0698. The summed E-state index contributed by atoms with van der Waals surface area (Å²) in [6.45, 7) is 2.81. The van der Waals surface area contributed by atoms with Gasteiger partial charge in [0.2, 0.25) is 11.8 Å². The van der Waals surface area contributed by atoms with Gasteiger partial charge in [0, 0.05) is 17.1 Å². The summed E-state index contributed by atoms with van der Waals surface area (Å²) in [4.78, 5) is 27.8.